The van der Waals surface area contributed by atoms with E-state index in [0.29, 0.717) is 41.1 Å². The van der Waals surface area contributed by atoms with Gasteiger partial charge in [0.25, 0.3) is 5.91 Å². The lowest BCUT2D eigenvalue weighted by Gasteiger charge is -2.36. The van der Waals surface area contributed by atoms with E-state index < -0.39 is 0 Å². The second-order valence-corrected chi connectivity index (χ2v) is 11.8. The van der Waals surface area contributed by atoms with Gasteiger partial charge in [0.2, 0.25) is 0 Å². The number of aromatic nitrogens is 5. The molecule has 8 nitrogen and oxygen atoms in total. The van der Waals surface area contributed by atoms with E-state index in [0.717, 1.165) is 29.5 Å². The van der Waals surface area contributed by atoms with Gasteiger partial charge in [0, 0.05) is 16.8 Å². The van der Waals surface area contributed by atoms with Crippen LogP contribution >= 0.6 is 11.3 Å². The third-order valence-corrected chi connectivity index (χ3v) is 8.89. The van der Waals surface area contributed by atoms with Gasteiger partial charge in [0.15, 0.2) is 5.82 Å². The van der Waals surface area contributed by atoms with Gasteiger partial charge in [-0.15, -0.1) is 21.5 Å². The fourth-order valence-corrected chi connectivity index (χ4v) is 6.80. The molecule has 0 radical (unpaired) electrons. The predicted octanol–water partition coefficient (Wildman–Crippen LogP) is 5.78. The first-order chi connectivity index (χ1) is 18.9. The maximum atomic E-state index is 15.0. The monoisotopic (exact) mass is 542 g/mol. The van der Waals surface area contributed by atoms with Crippen molar-refractivity contribution in [3.63, 3.8) is 0 Å². The number of para-hydroxylation sites is 1. The molecule has 0 bridgehead atoms. The number of benzene rings is 1. The Morgan fingerprint density at radius 3 is 2.79 bits per heavy atom. The highest BCUT2D eigenvalue weighted by Crippen LogP contribution is 2.66. The average molecular weight is 543 g/mol. The normalized spacial score (nSPS) is 21.7. The lowest BCUT2D eigenvalue weighted by Crippen LogP contribution is -2.36. The molecule has 2 aliphatic rings. The molecule has 1 spiro atoms. The number of rotatable bonds is 7. The Hall–Kier alpha value is -4.05. The zero-order valence-corrected chi connectivity index (χ0v) is 22.4. The molecule has 1 unspecified atom stereocenters. The van der Waals surface area contributed by atoms with Crippen molar-refractivity contribution in [2.75, 3.05) is 6.61 Å². The van der Waals surface area contributed by atoms with Crippen molar-refractivity contribution in [2.24, 2.45) is 5.41 Å². The van der Waals surface area contributed by atoms with E-state index in [2.05, 4.69) is 38.5 Å². The summed E-state index contributed by atoms with van der Waals surface area (Å²) < 4.78 is 23.4. The molecule has 2 saturated carbocycles. The Labute approximate surface area is 228 Å². The van der Waals surface area contributed by atoms with Gasteiger partial charge in [0.05, 0.1) is 28.7 Å². The lowest BCUT2D eigenvalue weighted by molar-refractivity contribution is 0.0929. The van der Waals surface area contributed by atoms with Gasteiger partial charge in [-0.3, -0.25) is 9.36 Å². The molecule has 1 amide bonds. The van der Waals surface area contributed by atoms with Gasteiger partial charge < -0.3 is 15.0 Å². The van der Waals surface area contributed by atoms with Crippen molar-refractivity contribution >= 4 is 27.5 Å². The van der Waals surface area contributed by atoms with Crippen LogP contribution in [0.4, 0.5) is 4.39 Å². The van der Waals surface area contributed by atoms with E-state index in [-0.39, 0.29) is 29.1 Å². The summed E-state index contributed by atoms with van der Waals surface area (Å²) in [6.07, 6.45) is 4.30. The van der Waals surface area contributed by atoms with E-state index in [9.17, 15) is 4.79 Å². The Bertz CT molecular complexity index is 1670. The van der Waals surface area contributed by atoms with Crippen LogP contribution < -0.4 is 10.1 Å². The molecule has 1 atom stereocenters. The standard InChI is InChI=1S/C29H27FN6O2S/c1-3-38-18-8-9-20(31-15-18)27-35-34-26(36(27)23-7-5-4-6-19(23)30)17-12-29(13-17)14-25(29)33-28(37)22-11-24-21(32-22)10-16(2)39-24/h4-11,15,17,25,32H,3,12-14H2,1-2H3,(H,33,37). The van der Waals surface area contributed by atoms with Crippen molar-refractivity contribution in [1.29, 1.82) is 0 Å². The number of aromatic amines is 1. The summed E-state index contributed by atoms with van der Waals surface area (Å²) in [7, 11) is 0. The number of fused-ring (bicyclic) bond motifs is 1. The van der Waals surface area contributed by atoms with Gasteiger partial charge in [-0.2, -0.15) is 0 Å². The summed E-state index contributed by atoms with van der Waals surface area (Å²) in [5.41, 5.74) is 2.65. The minimum Gasteiger partial charge on any atom is -0.492 e. The summed E-state index contributed by atoms with van der Waals surface area (Å²) in [5, 5.41) is 12.2. The minimum atomic E-state index is -0.350. The number of thiophene rings is 1. The third kappa shape index (κ3) is 4.10. The Morgan fingerprint density at radius 2 is 2.05 bits per heavy atom. The Balaban J connectivity index is 1.11. The second-order valence-electron chi connectivity index (χ2n) is 10.5. The maximum Gasteiger partial charge on any atom is 0.267 e. The van der Waals surface area contributed by atoms with Crippen molar-refractivity contribution in [1.82, 2.24) is 30.0 Å². The van der Waals surface area contributed by atoms with Crippen LogP contribution in [0.25, 0.3) is 27.4 Å². The number of nitrogens with zero attached hydrogens (tertiary/aromatic N) is 4. The molecule has 4 aromatic heterocycles. The molecule has 10 heteroatoms. The molecule has 4 heterocycles. The number of hydrogen-bond donors (Lipinski definition) is 2. The molecular formula is C29H27FN6O2S. The van der Waals surface area contributed by atoms with Crippen molar-refractivity contribution in [3.8, 4) is 23.0 Å². The Kier molecular flexibility index (Phi) is 5.55. The predicted molar refractivity (Wildman–Crippen MR) is 147 cm³/mol. The fourth-order valence-electron chi connectivity index (χ4n) is 5.88. The molecule has 0 aliphatic heterocycles. The number of aryl methyl sites for hydroxylation is 1. The SMILES string of the molecule is CCOc1ccc(-c2nnc(C3CC4(C3)CC4NC(=O)c3cc4sc(C)cc4[nH]3)n2-c2ccccc2F)nc1. The van der Waals surface area contributed by atoms with Gasteiger partial charge >= 0.3 is 0 Å². The number of H-pyrrole nitrogens is 1. The van der Waals surface area contributed by atoms with E-state index in [4.69, 9.17) is 4.74 Å². The summed E-state index contributed by atoms with van der Waals surface area (Å²) in [6.45, 7) is 4.52. The summed E-state index contributed by atoms with van der Waals surface area (Å²) in [5.74, 6) is 1.55. The molecule has 198 valence electrons. The van der Waals surface area contributed by atoms with Crippen LogP contribution in [-0.2, 0) is 0 Å². The van der Waals surface area contributed by atoms with Crippen molar-refractivity contribution in [2.45, 2.75) is 45.1 Å². The number of carbonyl (C=O) groups is 1. The van der Waals surface area contributed by atoms with Crippen molar-refractivity contribution in [3.05, 3.63) is 76.9 Å². The largest absolute Gasteiger partial charge is 0.492 e. The first-order valence-electron chi connectivity index (χ1n) is 13.1. The van der Waals surface area contributed by atoms with Crippen LogP contribution in [0.15, 0.2) is 54.7 Å². The van der Waals surface area contributed by atoms with Crippen LogP contribution in [0.2, 0.25) is 0 Å². The number of amides is 1. The van der Waals surface area contributed by atoms with E-state index in [1.165, 1.54) is 10.9 Å². The number of halogens is 1. The average Bonchev–Trinajstić information content (AvgIpc) is 3.17. The van der Waals surface area contributed by atoms with Crippen molar-refractivity contribution < 1.29 is 13.9 Å². The topological polar surface area (TPSA) is 97.7 Å². The molecule has 7 rings (SSSR count). The van der Waals surface area contributed by atoms with Crippen LogP contribution in [-0.4, -0.2) is 43.3 Å². The summed E-state index contributed by atoms with van der Waals surface area (Å²) in [4.78, 5) is 21.9. The molecule has 0 saturated heterocycles. The molecule has 39 heavy (non-hydrogen) atoms. The first-order valence-corrected chi connectivity index (χ1v) is 14.0. The van der Waals surface area contributed by atoms with Gasteiger partial charge in [0.1, 0.15) is 28.8 Å². The summed E-state index contributed by atoms with van der Waals surface area (Å²) in [6, 6.07) is 14.4. The summed E-state index contributed by atoms with van der Waals surface area (Å²) >= 11 is 1.68. The van der Waals surface area contributed by atoms with Gasteiger partial charge in [-0.25, -0.2) is 9.37 Å². The number of hydrogen-bond acceptors (Lipinski definition) is 6. The van der Waals surface area contributed by atoms with Crippen LogP contribution in [0, 0.1) is 18.2 Å². The Morgan fingerprint density at radius 1 is 1.21 bits per heavy atom. The smallest absolute Gasteiger partial charge is 0.267 e. The van der Waals surface area contributed by atoms with E-state index in [1.807, 2.05) is 25.1 Å². The minimum absolute atomic E-state index is 0.0600. The molecule has 2 fully saturated rings. The van der Waals surface area contributed by atoms with Crippen LogP contribution in [0.3, 0.4) is 0 Å². The fraction of sp³-hybridized carbons (Fsp3) is 0.310. The number of nitrogens with one attached hydrogen (secondary N) is 2. The highest BCUT2D eigenvalue weighted by Gasteiger charge is 2.63. The number of pyridine rings is 1. The quantitative estimate of drug-likeness (QED) is 0.272. The zero-order valence-electron chi connectivity index (χ0n) is 21.6. The van der Waals surface area contributed by atoms with Crippen LogP contribution in [0.5, 0.6) is 5.75 Å². The second kappa shape index (κ2) is 9.01. The molecule has 2 aliphatic carbocycles. The molecule has 2 N–H and O–H groups in total. The van der Waals surface area contributed by atoms with Crippen LogP contribution in [0.1, 0.15) is 53.3 Å². The number of ether oxygens (including phenoxy) is 1. The lowest BCUT2D eigenvalue weighted by atomic mass is 9.70. The highest BCUT2D eigenvalue weighted by molar-refractivity contribution is 7.19. The third-order valence-electron chi connectivity index (χ3n) is 7.90. The molecule has 5 aromatic rings. The molecular weight excluding hydrogens is 515 g/mol. The molecule has 1 aromatic carbocycles. The first kappa shape index (κ1) is 24.0. The van der Waals surface area contributed by atoms with Gasteiger partial charge in [-0.05, 0) is 74.9 Å². The van der Waals surface area contributed by atoms with E-state index >= 15 is 4.39 Å². The highest BCUT2D eigenvalue weighted by atomic mass is 32.1. The number of carbonyl (C=O) groups excluding carboxylic acids is 1. The maximum absolute atomic E-state index is 15.0. The zero-order chi connectivity index (χ0) is 26.7. The van der Waals surface area contributed by atoms with Gasteiger partial charge in [-0.1, -0.05) is 12.1 Å². The van der Waals surface area contributed by atoms with E-state index in [1.54, 1.807) is 40.3 Å².